The molecular weight excluding hydrogens is 376 g/mol. The molecule has 1 fully saturated rings. The van der Waals surface area contributed by atoms with E-state index in [0.29, 0.717) is 0 Å². The fraction of sp³-hybridized carbons (Fsp3) is 0.478. The van der Waals surface area contributed by atoms with Gasteiger partial charge in [0.1, 0.15) is 11.6 Å². The van der Waals surface area contributed by atoms with Crippen molar-refractivity contribution in [2.45, 2.75) is 20.4 Å². The van der Waals surface area contributed by atoms with Crippen LogP contribution in [0.25, 0.3) is 0 Å². The lowest BCUT2D eigenvalue weighted by molar-refractivity contribution is 0.372. The number of nitrogens with zero attached hydrogens (tertiary/aromatic N) is 5. The van der Waals surface area contributed by atoms with Crippen molar-refractivity contribution in [1.29, 1.82) is 0 Å². The number of pyridine rings is 1. The molecule has 7 heteroatoms. The molecule has 1 aromatic heterocycles. The zero-order chi connectivity index (χ0) is 21.3. The summed E-state index contributed by atoms with van der Waals surface area (Å²) in [5, 5.41) is 3.49. The summed E-state index contributed by atoms with van der Waals surface area (Å²) in [5.41, 5.74) is 2.39. The van der Waals surface area contributed by atoms with Crippen molar-refractivity contribution in [2.24, 2.45) is 4.99 Å². The molecule has 0 bridgehead atoms. The minimum atomic E-state index is 0.719. The topological polar surface area (TPSA) is 56.2 Å². The van der Waals surface area contributed by atoms with Gasteiger partial charge in [-0.15, -0.1) is 0 Å². The molecule has 0 saturated carbocycles. The highest BCUT2D eigenvalue weighted by atomic mass is 16.5. The number of guanidine groups is 1. The molecule has 0 atom stereocenters. The Morgan fingerprint density at radius 2 is 1.77 bits per heavy atom. The van der Waals surface area contributed by atoms with Gasteiger partial charge in [0.05, 0.1) is 7.11 Å². The fourth-order valence-corrected chi connectivity index (χ4v) is 3.74. The van der Waals surface area contributed by atoms with Gasteiger partial charge in [-0.2, -0.15) is 0 Å². The first kappa shape index (κ1) is 21.7. The van der Waals surface area contributed by atoms with Crippen molar-refractivity contribution >= 4 is 17.5 Å². The van der Waals surface area contributed by atoms with Crippen LogP contribution >= 0.6 is 0 Å². The molecule has 3 rings (SSSR count). The second kappa shape index (κ2) is 10.7. The van der Waals surface area contributed by atoms with E-state index in [1.165, 1.54) is 5.69 Å². The zero-order valence-electron chi connectivity index (χ0n) is 18.6. The van der Waals surface area contributed by atoms with E-state index in [4.69, 9.17) is 4.74 Å². The number of piperazine rings is 1. The maximum atomic E-state index is 5.25. The Bertz CT molecular complexity index is 793. The number of nitrogens with one attached hydrogen (secondary N) is 1. The molecule has 30 heavy (non-hydrogen) atoms. The van der Waals surface area contributed by atoms with E-state index in [1.54, 1.807) is 7.11 Å². The summed E-state index contributed by atoms with van der Waals surface area (Å²) >= 11 is 0. The maximum absolute atomic E-state index is 5.25. The van der Waals surface area contributed by atoms with E-state index >= 15 is 0 Å². The van der Waals surface area contributed by atoms with Crippen LogP contribution in [0.3, 0.4) is 0 Å². The highest BCUT2D eigenvalue weighted by molar-refractivity contribution is 5.80. The Balaban J connectivity index is 1.51. The SMILES string of the molecule is CCN(CC)c1ccc(CNC(=NC)N2CCN(c3ccc(OC)cc3)CC2)cn1. The number of rotatable bonds is 7. The maximum Gasteiger partial charge on any atom is 0.194 e. The van der Waals surface area contributed by atoms with Crippen LogP contribution < -0.4 is 19.9 Å². The third-order valence-electron chi connectivity index (χ3n) is 5.58. The summed E-state index contributed by atoms with van der Waals surface area (Å²) in [5.74, 6) is 2.86. The minimum Gasteiger partial charge on any atom is -0.497 e. The minimum absolute atomic E-state index is 0.719. The molecule has 2 aromatic rings. The van der Waals surface area contributed by atoms with Crippen LogP contribution in [-0.4, -0.2) is 69.3 Å². The van der Waals surface area contributed by atoms with Crippen LogP contribution in [0.2, 0.25) is 0 Å². The third-order valence-corrected chi connectivity index (χ3v) is 5.58. The summed E-state index contributed by atoms with van der Waals surface area (Å²) in [6, 6.07) is 12.5. The van der Waals surface area contributed by atoms with Crippen LogP contribution in [0, 0.1) is 0 Å². The van der Waals surface area contributed by atoms with Crippen molar-refractivity contribution in [3.8, 4) is 5.75 Å². The lowest BCUT2D eigenvalue weighted by atomic mass is 10.2. The van der Waals surface area contributed by atoms with Crippen molar-refractivity contribution in [3.63, 3.8) is 0 Å². The quantitative estimate of drug-likeness (QED) is 0.560. The molecule has 1 saturated heterocycles. The fourth-order valence-electron chi connectivity index (χ4n) is 3.74. The second-order valence-electron chi connectivity index (χ2n) is 7.27. The summed E-state index contributed by atoms with van der Waals surface area (Å²) in [6.07, 6.45) is 1.95. The number of anilines is 2. The molecule has 0 aliphatic carbocycles. The van der Waals surface area contributed by atoms with Gasteiger partial charge in [0.2, 0.25) is 0 Å². The number of hydrogen-bond acceptors (Lipinski definition) is 5. The van der Waals surface area contributed by atoms with Gasteiger partial charge in [-0.25, -0.2) is 4.98 Å². The molecule has 0 radical (unpaired) electrons. The Morgan fingerprint density at radius 3 is 2.30 bits per heavy atom. The Labute approximate surface area is 180 Å². The molecule has 2 heterocycles. The Kier molecular flexibility index (Phi) is 7.76. The van der Waals surface area contributed by atoms with Gasteiger partial charge in [-0.1, -0.05) is 6.07 Å². The van der Waals surface area contributed by atoms with Crippen molar-refractivity contribution in [3.05, 3.63) is 48.2 Å². The van der Waals surface area contributed by atoms with Crippen LogP contribution in [-0.2, 0) is 6.54 Å². The average Bonchev–Trinajstić information content (AvgIpc) is 2.81. The van der Waals surface area contributed by atoms with Gasteiger partial charge in [0.25, 0.3) is 0 Å². The predicted molar refractivity (Wildman–Crippen MR) is 125 cm³/mol. The summed E-state index contributed by atoms with van der Waals surface area (Å²) in [4.78, 5) is 16.1. The van der Waals surface area contributed by atoms with Crippen molar-refractivity contribution in [2.75, 3.05) is 63.2 Å². The monoisotopic (exact) mass is 410 g/mol. The highest BCUT2D eigenvalue weighted by Crippen LogP contribution is 2.20. The smallest absolute Gasteiger partial charge is 0.194 e. The van der Waals surface area contributed by atoms with Crippen molar-refractivity contribution in [1.82, 2.24) is 15.2 Å². The van der Waals surface area contributed by atoms with Gasteiger partial charge in [-0.05, 0) is 49.7 Å². The van der Waals surface area contributed by atoms with Crippen molar-refractivity contribution < 1.29 is 4.74 Å². The lowest BCUT2D eigenvalue weighted by Crippen LogP contribution is -2.52. The van der Waals surface area contributed by atoms with Gasteiger partial charge < -0.3 is 24.8 Å². The van der Waals surface area contributed by atoms with Crippen LogP contribution in [0.4, 0.5) is 11.5 Å². The first-order chi connectivity index (χ1) is 14.7. The third kappa shape index (κ3) is 5.34. The highest BCUT2D eigenvalue weighted by Gasteiger charge is 2.20. The average molecular weight is 411 g/mol. The van der Waals surface area contributed by atoms with E-state index in [1.807, 2.05) is 25.4 Å². The molecule has 0 unspecified atom stereocenters. The number of methoxy groups -OCH3 is 1. The second-order valence-corrected chi connectivity index (χ2v) is 7.27. The summed E-state index contributed by atoms with van der Waals surface area (Å²) in [6.45, 7) is 10.8. The standard InChI is InChI=1S/C23H34N6O/c1-5-27(6-2)22-12-7-19(17-25-22)18-26-23(24-3)29-15-13-28(14-16-29)20-8-10-21(30-4)11-9-20/h7-12,17H,5-6,13-16,18H2,1-4H3,(H,24,26). The molecule has 1 aromatic carbocycles. The Hall–Kier alpha value is -2.96. The number of ether oxygens (including phenoxy) is 1. The van der Waals surface area contributed by atoms with E-state index in [-0.39, 0.29) is 0 Å². The molecule has 1 aliphatic rings. The van der Waals surface area contributed by atoms with E-state index in [9.17, 15) is 0 Å². The molecular formula is C23H34N6O. The predicted octanol–water partition coefficient (Wildman–Crippen LogP) is 2.83. The molecule has 1 N–H and O–H groups in total. The van der Waals surface area contributed by atoms with Gasteiger partial charge >= 0.3 is 0 Å². The van der Waals surface area contributed by atoms with Gasteiger partial charge in [0.15, 0.2) is 5.96 Å². The van der Waals surface area contributed by atoms with Gasteiger partial charge in [0, 0.05) is 64.7 Å². The summed E-state index contributed by atoms with van der Waals surface area (Å²) in [7, 11) is 3.54. The van der Waals surface area contributed by atoms with E-state index < -0.39 is 0 Å². The van der Waals surface area contributed by atoms with Crippen LogP contribution in [0.5, 0.6) is 5.75 Å². The number of aromatic nitrogens is 1. The molecule has 1 aliphatic heterocycles. The lowest BCUT2D eigenvalue weighted by Gasteiger charge is -2.37. The molecule has 162 valence electrons. The van der Waals surface area contributed by atoms with Crippen LogP contribution in [0.1, 0.15) is 19.4 Å². The largest absolute Gasteiger partial charge is 0.497 e. The molecule has 0 spiro atoms. The number of hydrogen-bond donors (Lipinski definition) is 1. The van der Waals surface area contributed by atoms with E-state index in [0.717, 1.165) is 68.9 Å². The normalized spacial score (nSPS) is 14.6. The number of benzene rings is 1. The van der Waals surface area contributed by atoms with Gasteiger partial charge in [-0.3, -0.25) is 4.99 Å². The first-order valence-electron chi connectivity index (χ1n) is 10.7. The number of aliphatic imine (C=N–C) groups is 1. The van der Waals surface area contributed by atoms with E-state index in [2.05, 4.69) is 68.1 Å². The molecule has 7 nitrogen and oxygen atoms in total. The van der Waals surface area contributed by atoms with Crippen LogP contribution in [0.15, 0.2) is 47.6 Å². The first-order valence-corrected chi connectivity index (χ1v) is 10.7. The zero-order valence-corrected chi connectivity index (χ0v) is 18.6. The molecule has 0 amide bonds. The Morgan fingerprint density at radius 1 is 1.07 bits per heavy atom. The summed E-state index contributed by atoms with van der Waals surface area (Å²) < 4.78 is 5.25.